The maximum absolute atomic E-state index is 13.0. The van der Waals surface area contributed by atoms with Crippen LogP contribution in [0, 0.1) is 13.8 Å². The number of aromatic nitrogens is 1. The number of nitrogens with zero attached hydrogens (tertiary/aromatic N) is 3. The second-order valence-corrected chi connectivity index (χ2v) is 7.31. The minimum absolute atomic E-state index is 0.126. The highest BCUT2D eigenvalue weighted by atomic mass is 16.5. The SMILES string of the molecule is CCOC(=O)CN1CCCN(C(=O)Cc2c(C)nc3ccccc3c2C)CC1. The van der Waals surface area contributed by atoms with Gasteiger partial charge in [-0.25, -0.2) is 0 Å². The number of ether oxygens (including phenoxy) is 1. The Balaban J connectivity index is 1.67. The second kappa shape index (κ2) is 9.15. The number of hydrogen-bond acceptors (Lipinski definition) is 5. The summed E-state index contributed by atoms with van der Waals surface area (Å²) in [5, 5.41) is 1.10. The molecule has 1 aliphatic heterocycles. The number of benzene rings is 1. The van der Waals surface area contributed by atoms with Crippen molar-refractivity contribution in [3.63, 3.8) is 0 Å². The van der Waals surface area contributed by atoms with E-state index in [-0.39, 0.29) is 11.9 Å². The molecule has 1 aromatic heterocycles. The molecule has 1 fully saturated rings. The molecule has 0 aliphatic carbocycles. The van der Waals surface area contributed by atoms with Crippen molar-refractivity contribution in [2.75, 3.05) is 39.3 Å². The number of amides is 1. The van der Waals surface area contributed by atoms with Crippen LogP contribution < -0.4 is 0 Å². The second-order valence-electron chi connectivity index (χ2n) is 7.31. The zero-order valence-electron chi connectivity index (χ0n) is 17.0. The molecule has 1 aliphatic rings. The highest BCUT2D eigenvalue weighted by molar-refractivity contribution is 5.86. The van der Waals surface area contributed by atoms with Crippen molar-refractivity contribution in [3.05, 3.63) is 41.1 Å². The molecule has 0 atom stereocenters. The summed E-state index contributed by atoms with van der Waals surface area (Å²) in [6.45, 7) is 9.41. The summed E-state index contributed by atoms with van der Waals surface area (Å²) in [4.78, 5) is 33.4. The number of carbonyl (C=O) groups is 2. The van der Waals surface area contributed by atoms with Crippen LogP contribution in [0.5, 0.6) is 0 Å². The van der Waals surface area contributed by atoms with E-state index in [1.165, 1.54) is 0 Å². The fourth-order valence-electron chi connectivity index (χ4n) is 3.86. The smallest absolute Gasteiger partial charge is 0.320 e. The Morgan fingerprint density at radius 2 is 1.89 bits per heavy atom. The van der Waals surface area contributed by atoms with Gasteiger partial charge >= 0.3 is 5.97 Å². The van der Waals surface area contributed by atoms with E-state index in [1.807, 2.05) is 36.9 Å². The molecule has 2 heterocycles. The number of pyridine rings is 1. The topological polar surface area (TPSA) is 62.7 Å². The van der Waals surface area contributed by atoms with Gasteiger partial charge in [-0.1, -0.05) is 18.2 Å². The Morgan fingerprint density at radius 3 is 2.68 bits per heavy atom. The van der Waals surface area contributed by atoms with Crippen molar-refractivity contribution >= 4 is 22.8 Å². The van der Waals surface area contributed by atoms with Crippen molar-refractivity contribution in [2.24, 2.45) is 0 Å². The molecular weight excluding hydrogens is 354 g/mol. The molecule has 6 heteroatoms. The van der Waals surface area contributed by atoms with E-state index < -0.39 is 0 Å². The fourth-order valence-corrected chi connectivity index (χ4v) is 3.86. The average Bonchev–Trinajstić information content (AvgIpc) is 2.91. The summed E-state index contributed by atoms with van der Waals surface area (Å²) in [6, 6.07) is 8.06. The molecular formula is C22H29N3O3. The van der Waals surface area contributed by atoms with Crippen molar-refractivity contribution in [1.29, 1.82) is 0 Å². The van der Waals surface area contributed by atoms with Crippen molar-refractivity contribution in [1.82, 2.24) is 14.8 Å². The number of aryl methyl sites for hydroxylation is 2. The van der Waals surface area contributed by atoms with Crippen molar-refractivity contribution < 1.29 is 14.3 Å². The number of fused-ring (bicyclic) bond motifs is 1. The van der Waals surface area contributed by atoms with Gasteiger partial charge in [0.05, 0.1) is 25.1 Å². The van der Waals surface area contributed by atoms with Gasteiger partial charge in [-0.2, -0.15) is 0 Å². The number of para-hydroxylation sites is 1. The van der Waals surface area contributed by atoms with Crippen molar-refractivity contribution in [3.8, 4) is 0 Å². The molecule has 0 unspecified atom stereocenters. The Bertz CT molecular complexity index is 865. The maximum Gasteiger partial charge on any atom is 0.320 e. The Kier molecular flexibility index (Phi) is 6.62. The lowest BCUT2D eigenvalue weighted by atomic mass is 9.99. The third-order valence-electron chi connectivity index (χ3n) is 5.41. The van der Waals surface area contributed by atoms with Crippen molar-refractivity contribution in [2.45, 2.75) is 33.6 Å². The van der Waals surface area contributed by atoms with E-state index in [4.69, 9.17) is 4.74 Å². The van der Waals surface area contributed by atoms with Crippen LogP contribution in [-0.2, 0) is 20.7 Å². The minimum Gasteiger partial charge on any atom is -0.465 e. The van der Waals surface area contributed by atoms with Crippen LogP contribution in [0.25, 0.3) is 10.9 Å². The van der Waals surface area contributed by atoms with E-state index in [1.54, 1.807) is 0 Å². The minimum atomic E-state index is -0.198. The normalized spacial score (nSPS) is 15.5. The fraction of sp³-hybridized carbons (Fsp3) is 0.500. The van der Waals surface area contributed by atoms with Gasteiger partial charge in [-0.3, -0.25) is 19.5 Å². The molecule has 0 bridgehead atoms. The molecule has 1 amide bonds. The lowest BCUT2D eigenvalue weighted by Gasteiger charge is -2.22. The van der Waals surface area contributed by atoms with E-state index in [2.05, 4.69) is 22.9 Å². The first-order valence-electron chi connectivity index (χ1n) is 10.00. The van der Waals surface area contributed by atoms with Gasteiger partial charge in [0.1, 0.15) is 0 Å². The third kappa shape index (κ3) is 4.68. The molecule has 2 aromatic rings. The monoisotopic (exact) mass is 383 g/mol. The van der Waals surface area contributed by atoms with E-state index in [0.717, 1.165) is 47.2 Å². The lowest BCUT2D eigenvalue weighted by molar-refractivity contribution is -0.144. The first kappa shape index (κ1) is 20.3. The van der Waals surface area contributed by atoms with Crippen LogP contribution in [0.4, 0.5) is 0 Å². The predicted molar refractivity (Wildman–Crippen MR) is 109 cm³/mol. The van der Waals surface area contributed by atoms with Crippen LogP contribution in [0.3, 0.4) is 0 Å². The molecule has 3 rings (SSSR count). The molecule has 1 aromatic carbocycles. The molecule has 0 saturated carbocycles. The number of rotatable bonds is 5. The van der Waals surface area contributed by atoms with Crippen LogP contribution in [0.2, 0.25) is 0 Å². The molecule has 6 nitrogen and oxygen atoms in total. The van der Waals surface area contributed by atoms with E-state index >= 15 is 0 Å². The van der Waals surface area contributed by atoms with Gasteiger partial charge in [0.25, 0.3) is 0 Å². The summed E-state index contributed by atoms with van der Waals surface area (Å²) >= 11 is 0. The van der Waals surface area contributed by atoms with Gasteiger partial charge in [0.2, 0.25) is 5.91 Å². The average molecular weight is 383 g/mol. The number of carbonyl (C=O) groups excluding carboxylic acids is 2. The van der Waals surface area contributed by atoms with Crippen LogP contribution in [0.1, 0.15) is 30.2 Å². The molecule has 0 N–H and O–H groups in total. The Hall–Kier alpha value is -2.47. The Labute approximate surface area is 166 Å². The van der Waals surface area contributed by atoms with Crippen LogP contribution in [-0.4, -0.2) is 66.0 Å². The Morgan fingerprint density at radius 1 is 1.11 bits per heavy atom. The first-order chi connectivity index (χ1) is 13.5. The molecule has 150 valence electrons. The largest absolute Gasteiger partial charge is 0.465 e. The van der Waals surface area contributed by atoms with Gasteiger partial charge in [-0.15, -0.1) is 0 Å². The van der Waals surface area contributed by atoms with Crippen LogP contribution >= 0.6 is 0 Å². The maximum atomic E-state index is 13.0. The quantitative estimate of drug-likeness (QED) is 0.743. The van der Waals surface area contributed by atoms with Gasteiger partial charge < -0.3 is 9.64 Å². The first-order valence-corrected chi connectivity index (χ1v) is 10.00. The molecule has 0 radical (unpaired) electrons. The molecule has 28 heavy (non-hydrogen) atoms. The zero-order chi connectivity index (χ0) is 20.1. The highest BCUT2D eigenvalue weighted by Gasteiger charge is 2.22. The van der Waals surface area contributed by atoms with Gasteiger partial charge in [0, 0.05) is 37.3 Å². The van der Waals surface area contributed by atoms with Crippen LogP contribution in [0.15, 0.2) is 24.3 Å². The van der Waals surface area contributed by atoms with Gasteiger partial charge in [0.15, 0.2) is 0 Å². The standard InChI is InChI=1S/C22H29N3O3/c1-4-28-22(27)15-24-10-7-11-25(13-12-24)21(26)14-19-16(2)18-8-5-6-9-20(18)23-17(19)3/h5-6,8-9H,4,7,10-15H2,1-3H3. The summed E-state index contributed by atoms with van der Waals surface area (Å²) in [5.41, 5.74) is 4.05. The van der Waals surface area contributed by atoms with E-state index in [9.17, 15) is 9.59 Å². The van der Waals surface area contributed by atoms with E-state index in [0.29, 0.717) is 32.7 Å². The zero-order valence-corrected chi connectivity index (χ0v) is 17.0. The summed E-state index contributed by atoms with van der Waals surface area (Å²) in [6.07, 6.45) is 1.23. The van der Waals surface area contributed by atoms with Gasteiger partial charge in [-0.05, 0) is 44.4 Å². The number of hydrogen-bond donors (Lipinski definition) is 0. The molecule has 1 saturated heterocycles. The predicted octanol–water partition coefficient (Wildman–Crippen LogP) is 2.49. The summed E-state index contributed by atoms with van der Waals surface area (Å²) in [7, 11) is 0. The molecule has 0 spiro atoms. The summed E-state index contributed by atoms with van der Waals surface area (Å²) in [5.74, 6) is -0.0722. The third-order valence-corrected chi connectivity index (χ3v) is 5.41. The lowest BCUT2D eigenvalue weighted by Crippen LogP contribution is -2.37. The summed E-state index contributed by atoms with van der Waals surface area (Å²) < 4.78 is 5.03. The number of esters is 1. The highest BCUT2D eigenvalue weighted by Crippen LogP contribution is 2.23.